The fraction of sp³-hybridized carbons (Fsp3) is 0.364. The number of hydrogen-bond donors (Lipinski definition) is 0. The molecule has 1 atom stereocenters. The van der Waals surface area contributed by atoms with Crippen molar-refractivity contribution in [2.24, 2.45) is 0 Å². The molecule has 0 N–H and O–H groups in total. The number of nitrogens with zero attached hydrogens (tertiary/aromatic N) is 1. The second kappa shape index (κ2) is 5.64. The summed E-state index contributed by atoms with van der Waals surface area (Å²) in [4.78, 5) is 13.4. The van der Waals surface area contributed by atoms with Crippen LogP contribution in [0.2, 0.25) is 5.02 Å². The Kier molecular flexibility index (Phi) is 4.74. The average Bonchev–Trinajstić information content (AvgIpc) is 2.29. The van der Waals surface area contributed by atoms with Crippen LogP contribution < -0.4 is 0 Å². The molecule has 0 fully saturated rings. The average molecular weight is 309 g/mol. The number of carbonyl (C=O) groups excluding carboxylic acids is 1. The van der Waals surface area contributed by atoms with Crippen LogP contribution in [0, 0.1) is 5.82 Å². The number of benzene rings is 1. The predicted octanol–water partition coefficient (Wildman–Crippen LogP) is 3.33. The van der Waals surface area contributed by atoms with E-state index in [-0.39, 0.29) is 22.5 Å². The Labute approximate surface area is 108 Å². The largest absolute Gasteiger partial charge is 0.338 e. The van der Waals surface area contributed by atoms with Crippen LogP contribution >= 0.6 is 27.5 Å². The van der Waals surface area contributed by atoms with Gasteiger partial charge in [0.25, 0.3) is 5.91 Å². The van der Waals surface area contributed by atoms with Crippen LogP contribution in [-0.4, -0.2) is 29.2 Å². The zero-order valence-corrected chi connectivity index (χ0v) is 11.3. The lowest BCUT2D eigenvalue weighted by molar-refractivity contribution is 0.0753. The van der Waals surface area contributed by atoms with Crippen LogP contribution in [0.1, 0.15) is 17.3 Å². The van der Waals surface area contributed by atoms with Gasteiger partial charge in [0.2, 0.25) is 0 Å². The molecule has 0 bridgehead atoms. The molecule has 1 aromatic rings. The second-order valence-corrected chi connectivity index (χ2v) is 4.58. The van der Waals surface area contributed by atoms with Crippen molar-refractivity contribution in [1.29, 1.82) is 0 Å². The fourth-order valence-corrected chi connectivity index (χ4v) is 1.77. The molecule has 0 aliphatic heterocycles. The summed E-state index contributed by atoms with van der Waals surface area (Å²) in [5.41, 5.74) is 0.00259. The highest BCUT2D eigenvalue weighted by molar-refractivity contribution is 9.09. The topological polar surface area (TPSA) is 20.3 Å². The number of hydrogen-bond acceptors (Lipinski definition) is 1. The molecule has 0 aromatic heterocycles. The maximum absolute atomic E-state index is 13.6. The summed E-state index contributed by atoms with van der Waals surface area (Å²) >= 11 is 8.90. The summed E-state index contributed by atoms with van der Waals surface area (Å²) in [5, 5.41) is 0.600. The molecule has 1 amide bonds. The summed E-state index contributed by atoms with van der Waals surface area (Å²) in [7, 11) is 1.63. The van der Waals surface area contributed by atoms with Gasteiger partial charge in [-0.25, -0.2) is 4.39 Å². The first kappa shape index (κ1) is 13.5. The van der Waals surface area contributed by atoms with Crippen molar-refractivity contribution in [1.82, 2.24) is 4.90 Å². The zero-order valence-electron chi connectivity index (χ0n) is 9.01. The Hall–Kier alpha value is -0.610. The van der Waals surface area contributed by atoms with E-state index < -0.39 is 5.82 Å². The molecular weight excluding hydrogens is 296 g/mol. The van der Waals surface area contributed by atoms with E-state index in [1.165, 1.54) is 17.0 Å². The highest BCUT2D eigenvalue weighted by atomic mass is 79.9. The van der Waals surface area contributed by atoms with E-state index in [9.17, 15) is 9.18 Å². The molecule has 2 nitrogen and oxygen atoms in total. The van der Waals surface area contributed by atoms with Crippen molar-refractivity contribution in [3.05, 3.63) is 34.6 Å². The summed E-state index contributed by atoms with van der Waals surface area (Å²) in [6, 6.07) is 4.40. The summed E-state index contributed by atoms with van der Waals surface area (Å²) in [5.74, 6) is -1.03. The van der Waals surface area contributed by atoms with Crippen molar-refractivity contribution < 1.29 is 9.18 Å². The van der Waals surface area contributed by atoms with Gasteiger partial charge in [0.15, 0.2) is 5.82 Å². The molecule has 0 spiro atoms. The van der Waals surface area contributed by atoms with Crippen molar-refractivity contribution >= 4 is 33.4 Å². The van der Waals surface area contributed by atoms with Crippen LogP contribution in [0.25, 0.3) is 0 Å². The molecule has 0 aliphatic carbocycles. The molecule has 0 radical (unpaired) electrons. The third-order valence-corrected chi connectivity index (χ3v) is 3.62. The van der Waals surface area contributed by atoms with E-state index in [4.69, 9.17) is 11.6 Å². The molecule has 1 rings (SSSR count). The van der Waals surface area contributed by atoms with Crippen LogP contribution in [0.5, 0.6) is 0 Å². The van der Waals surface area contributed by atoms with Gasteiger partial charge in [-0.1, -0.05) is 33.6 Å². The monoisotopic (exact) mass is 307 g/mol. The Morgan fingerprint density at radius 2 is 2.25 bits per heavy atom. The van der Waals surface area contributed by atoms with Gasteiger partial charge in [0.1, 0.15) is 0 Å². The maximum Gasteiger partial charge on any atom is 0.256 e. The Balaban J connectivity index is 3.01. The van der Waals surface area contributed by atoms with Crippen LogP contribution in [0.4, 0.5) is 4.39 Å². The highest BCUT2D eigenvalue weighted by Gasteiger charge is 2.20. The number of alkyl halides is 1. The predicted molar refractivity (Wildman–Crippen MR) is 66.8 cm³/mol. The van der Waals surface area contributed by atoms with Crippen molar-refractivity contribution in [2.75, 3.05) is 12.4 Å². The van der Waals surface area contributed by atoms with Gasteiger partial charge >= 0.3 is 0 Å². The Bertz CT molecular complexity index is 400. The van der Waals surface area contributed by atoms with Gasteiger partial charge < -0.3 is 4.90 Å². The lowest BCUT2D eigenvalue weighted by Gasteiger charge is -2.23. The molecule has 0 aliphatic rings. The number of rotatable bonds is 3. The normalized spacial score (nSPS) is 12.3. The molecule has 0 heterocycles. The van der Waals surface area contributed by atoms with Crippen LogP contribution in [0.3, 0.4) is 0 Å². The van der Waals surface area contributed by atoms with Gasteiger partial charge in [-0.2, -0.15) is 0 Å². The minimum absolute atomic E-state index is 0.00259. The molecule has 1 aromatic carbocycles. The Morgan fingerprint density at radius 3 is 2.81 bits per heavy atom. The molecule has 5 heteroatoms. The minimum atomic E-state index is -0.664. The second-order valence-electron chi connectivity index (χ2n) is 3.52. The fourth-order valence-electron chi connectivity index (χ4n) is 1.16. The summed E-state index contributed by atoms with van der Waals surface area (Å²) in [6.45, 7) is 1.87. The smallest absolute Gasteiger partial charge is 0.256 e. The molecule has 0 saturated carbocycles. The summed E-state index contributed by atoms with van der Waals surface area (Å²) < 4.78 is 13.6. The van der Waals surface area contributed by atoms with E-state index in [2.05, 4.69) is 15.9 Å². The first-order chi connectivity index (χ1) is 7.49. The quantitative estimate of drug-likeness (QED) is 0.784. The van der Waals surface area contributed by atoms with Gasteiger partial charge in [0.05, 0.1) is 10.6 Å². The summed E-state index contributed by atoms with van der Waals surface area (Å²) in [6.07, 6.45) is 0. The third kappa shape index (κ3) is 2.74. The van der Waals surface area contributed by atoms with E-state index in [1.807, 2.05) is 6.92 Å². The van der Waals surface area contributed by atoms with Crippen molar-refractivity contribution in [3.8, 4) is 0 Å². The maximum atomic E-state index is 13.6. The van der Waals surface area contributed by atoms with Gasteiger partial charge in [-0.05, 0) is 19.1 Å². The third-order valence-electron chi connectivity index (χ3n) is 2.39. The van der Waals surface area contributed by atoms with Gasteiger partial charge in [-0.3, -0.25) is 4.79 Å². The standard InChI is InChI=1S/C11H12BrClFNO/c1-7(6-12)15(2)11(16)8-4-3-5-9(13)10(8)14/h3-5,7H,6H2,1-2H3. The molecule has 16 heavy (non-hydrogen) atoms. The minimum Gasteiger partial charge on any atom is -0.338 e. The van der Waals surface area contributed by atoms with Crippen molar-refractivity contribution in [2.45, 2.75) is 13.0 Å². The van der Waals surface area contributed by atoms with E-state index in [0.29, 0.717) is 5.33 Å². The first-order valence-electron chi connectivity index (χ1n) is 4.76. The molecular formula is C11H12BrClFNO. The van der Waals surface area contributed by atoms with E-state index in [1.54, 1.807) is 13.1 Å². The number of halogens is 3. The lowest BCUT2D eigenvalue weighted by Crippen LogP contribution is -2.36. The number of amides is 1. The molecule has 88 valence electrons. The highest BCUT2D eigenvalue weighted by Crippen LogP contribution is 2.19. The van der Waals surface area contributed by atoms with Crippen LogP contribution in [-0.2, 0) is 0 Å². The van der Waals surface area contributed by atoms with E-state index in [0.717, 1.165) is 0 Å². The Morgan fingerprint density at radius 1 is 1.62 bits per heavy atom. The number of carbonyl (C=O) groups is 1. The van der Waals surface area contributed by atoms with Gasteiger partial charge in [-0.15, -0.1) is 0 Å². The molecule has 0 saturated heterocycles. The van der Waals surface area contributed by atoms with Crippen molar-refractivity contribution in [3.63, 3.8) is 0 Å². The molecule has 1 unspecified atom stereocenters. The van der Waals surface area contributed by atoms with Crippen LogP contribution in [0.15, 0.2) is 18.2 Å². The first-order valence-corrected chi connectivity index (χ1v) is 6.26. The SMILES string of the molecule is CC(CBr)N(C)C(=O)c1cccc(Cl)c1F. The zero-order chi connectivity index (χ0) is 12.3. The van der Waals surface area contributed by atoms with E-state index >= 15 is 0 Å². The lowest BCUT2D eigenvalue weighted by atomic mass is 10.1. The van der Waals surface area contributed by atoms with Gasteiger partial charge in [0, 0.05) is 18.4 Å².